The molecule has 0 unspecified atom stereocenters. The van der Waals surface area contributed by atoms with Gasteiger partial charge in [0, 0.05) is 18.6 Å². The monoisotopic (exact) mass is 393 g/mol. The summed E-state index contributed by atoms with van der Waals surface area (Å²) in [6.45, 7) is 0.328. The fourth-order valence-corrected chi connectivity index (χ4v) is 4.13. The number of H-pyrrole nitrogens is 1. The molecule has 5 aromatic heterocycles. The van der Waals surface area contributed by atoms with Crippen molar-refractivity contribution in [1.82, 2.24) is 34.5 Å². The largest absolute Gasteiger partial charge is 0.384 e. The standard InChI is InChI=1S/C17H15N9OS/c1-25-13-10(7-20-26(16(13)27)8-9-5-6-19-24-9)14-15(25)23-17(28-14)22-12-4-2-3-11(18)21-12/h2-7H,8H2,1H3,(H,19,24)(H3,18,21,22,23). The number of nitrogens with zero attached hydrogens (tertiary/aromatic N) is 6. The van der Waals surface area contributed by atoms with Crippen LogP contribution in [-0.2, 0) is 13.6 Å². The number of nitrogens with one attached hydrogen (secondary N) is 2. The second kappa shape index (κ2) is 6.16. The lowest BCUT2D eigenvalue weighted by molar-refractivity contribution is 0.631. The minimum Gasteiger partial charge on any atom is -0.384 e. The molecule has 0 fully saturated rings. The third-order valence-corrected chi connectivity index (χ3v) is 5.40. The number of aryl methyl sites for hydroxylation is 1. The van der Waals surface area contributed by atoms with Gasteiger partial charge in [0.15, 0.2) is 10.8 Å². The molecule has 0 atom stereocenters. The van der Waals surface area contributed by atoms with Crippen molar-refractivity contribution in [2.24, 2.45) is 7.05 Å². The highest BCUT2D eigenvalue weighted by Gasteiger charge is 2.18. The molecule has 0 amide bonds. The van der Waals surface area contributed by atoms with Gasteiger partial charge in [-0.1, -0.05) is 17.4 Å². The lowest BCUT2D eigenvalue weighted by Gasteiger charge is -2.04. The summed E-state index contributed by atoms with van der Waals surface area (Å²) in [6, 6.07) is 7.17. The van der Waals surface area contributed by atoms with Gasteiger partial charge < -0.3 is 15.6 Å². The molecule has 0 radical (unpaired) electrons. The normalized spacial score (nSPS) is 11.5. The van der Waals surface area contributed by atoms with E-state index in [4.69, 9.17) is 5.73 Å². The smallest absolute Gasteiger partial charge is 0.291 e. The van der Waals surface area contributed by atoms with E-state index in [0.29, 0.717) is 34.5 Å². The highest BCUT2D eigenvalue weighted by molar-refractivity contribution is 7.23. The van der Waals surface area contributed by atoms with Crippen molar-refractivity contribution in [3.63, 3.8) is 0 Å². The van der Waals surface area contributed by atoms with Crippen LogP contribution in [0.1, 0.15) is 5.69 Å². The van der Waals surface area contributed by atoms with E-state index in [1.165, 1.54) is 16.0 Å². The van der Waals surface area contributed by atoms with Crippen LogP contribution in [0.15, 0.2) is 41.5 Å². The van der Waals surface area contributed by atoms with Crippen LogP contribution in [0.2, 0.25) is 0 Å². The van der Waals surface area contributed by atoms with E-state index in [0.717, 1.165) is 15.8 Å². The van der Waals surface area contributed by atoms with E-state index < -0.39 is 0 Å². The maximum Gasteiger partial charge on any atom is 0.291 e. The number of thiazole rings is 1. The molecule has 0 saturated heterocycles. The molecule has 5 heterocycles. The van der Waals surface area contributed by atoms with Crippen LogP contribution in [0.25, 0.3) is 21.3 Å². The Bertz CT molecular complexity index is 1360. The highest BCUT2D eigenvalue weighted by Crippen LogP contribution is 2.34. The molecule has 10 nitrogen and oxygen atoms in total. The molecule has 28 heavy (non-hydrogen) atoms. The van der Waals surface area contributed by atoms with Crippen molar-refractivity contribution in [3.05, 3.63) is 52.7 Å². The number of hydrogen-bond donors (Lipinski definition) is 3. The summed E-state index contributed by atoms with van der Waals surface area (Å²) >= 11 is 1.44. The SMILES string of the molecule is Cn1c2nc(Nc3cccc(N)n3)sc2c2cnn(Cc3ccn[nH]3)c(=O)c21. The van der Waals surface area contributed by atoms with Crippen molar-refractivity contribution < 1.29 is 0 Å². The van der Waals surface area contributed by atoms with Crippen molar-refractivity contribution in [2.75, 3.05) is 11.1 Å². The summed E-state index contributed by atoms with van der Waals surface area (Å²) in [5, 5.41) is 15.7. The third kappa shape index (κ3) is 2.60. The Balaban J connectivity index is 1.58. The first kappa shape index (κ1) is 16.4. The fraction of sp³-hybridized carbons (Fsp3) is 0.118. The van der Waals surface area contributed by atoms with Crippen LogP contribution in [0, 0.1) is 0 Å². The van der Waals surface area contributed by atoms with Gasteiger partial charge in [-0.15, -0.1) is 0 Å². The van der Waals surface area contributed by atoms with Crippen LogP contribution in [0.4, 0.5) is 16.8 Å². The molecule has 4 N–H and O–H groups in total. The average molecular weight is 393 g/mol. The van der Waals surface area contributed by atoms with Gasteiger partial charge in [0.25, 0.3) is 5.56 Å². The number of aromatic nitrogens is 7. The summed E-state index contributed by atoms with van der Waals surface area (Å²) in [5.41, 5.74) is 7.64. The topological polar surface area (TPSA) is 132 Å². The second-order valence-corrected chi connectivity index (χ2v) is 7.25. The van der Waals surface area contributed by atoms with Gasteiger partial charge in [0.2, 0.25) is 0 Å². The summed E-state index contributed by atoms with van der Waals surface area (Å²) in [5.74, 6) is 1.04. The first-order chi connectivity index (χ1) is 13.6. The van der Waals surface area contributed by atoms with Crippen LogP contribution < -0.4 is 16.6 Å². The van der Waals surface area contributed by atoms with E-state index in [9.17, 15) is 4.79 Å². The number of nitrogen functional groups attached to an aromatic ring is 1. The number of anilines is 3. The predicted octanol–water partition coefficient (Wildman–Crippen LogP) is 1.84. The summed E-state index contributed by atoms with van der Waals surface area (Å²) in [7, 11) is 1.83. The molecular formula is C17H15N9OS. The molecule has 5 aromatic rings. The van der Waals surface area contributed by atoms with Gasteiger partial charge >= 0.3 is 0 Å². The molecule has 0 aliphatic heterocycles. The number of hydrogen-bond acceptors (Lipinski definition) is 8. The van der Waals surface area contributed by atoms with Gasteiger partial charge in [-0.3, -0.25) is 9.89 Å². The number of fused-ring (bicyclic) bond motifs is 3. The maximum atomic E-state index is 12.9. The maximum absolute atomic E-state index is 12.9. The van der Waals surface area contributed by atoms with Crippen LogP contribution in [-0.4, -0.2) is 34.5 Å². The average Bonchev–Trinajstić information content (AvgIpc) is 3.37. The van der Waals surface area contributed by atoms with E-state index in [1.807, 2.05) is 25.2 Å². The lowest BCUT2D eigenvalue weighted by Crippen LogP contribution is -2.24. The van der Waals surface area contributed by atoms with Crippen LogP contribution in [0.5, 0.6) is 0 Å². The zero-order valence-corrected chi connectivity index (χ0v) is 15.6. The number of rotatable bonds is 4. The zero-order chi connectivity index (χ0) is 19.3. The van der Waals surface area contributed by atoms with E-state index in [1.54, 1.807) is 23.0 Å². The molecule has 0 aromatic carbocycles. The minimum atomic E-state index is -0.174. The van der Waals surface area contributed by atoms with Crippen LogP contribution >= 0.6 is 11.3 Å². The Labute approximate surface area is 161 Å². The Morgan fingerprint density at radius 1 is 1.29 bits per heavy atom. The second-order valence-electron chi connectivity index (χ2n) is 6.25. The Kier molecular flexibility index (Phi) is 3.62. The zero-order valence-electron chi connectivity index (χ0n) is 14.7. The molecule has 5 rings (SSSR count). The van der Waals surface area contributed by atoms with Crippen molar-refractivity contribution >= 4 is 49.4 Å². The van der Waals surface area contributed by atoms with Gasteiger partial charge in [-0.2, -0.15) is 10.2 Å². The molecular weight excluding hydrogens is 378 g/mol. The predicted molar refractivity (Wildman–Crippen MR) is 108 cm³/mol. The number of pyridine rings is 1. The quantitative estimate of drug-likeness (QED) is 0.424. The van der Waals surface area contributed by atoms with Gasteiger partial charge in [0.1, 0.15) is 17.2 Å². The summed E-state index contributed by atoms with van der Waals surface area (Å²) in [6.07, 6.45) is 3.35. The van der Waals surface area contributed by atoms with Gasteiger partial charge in [-0.05, 0) is 18.2 Å². The van der Waals surface area contributed by atoms with Crippen molar-refractivity contribution in [3.8, 4) is 0 Å². The molecule has 140 valence electrons. The minimum absolute atomic E-state index is 0.174. The van der Waals surface area contributed by atoms with Gasteiger partial charge in [0.05, 0.1) is 23.1 Å². The lowest BCUT2D eigenvalue weighted by atomic mass is 10.3. The summed E-state index contributed by atoms with van der Waals surface area (Å²) in [4.78, 5) is 21.8. The number of nitrogens with two attached hydrogens (primary N) is 1. The highest BCUT2D eigenvalue weighted by atomic mass is 32.1. The molecule has 0 spiro atoms. The van der Waals surface area contributed by atoms with Crippen molar-refractivity contribution in [2.45, 2.75) is 6.54 Å². The molecule has 0 aliphatic carbocycles. The van der Waals surface area contributed by atoms with Crippen LogP contribution in [0.3, 0.4) is 0 Å². The molecule has 0 aliphatic rings. The summed E-state index contributed by atoms with van der Waals surface area (Å²) < 4.78 is 4.10. The van der Waals surface area contributed by atoms with Crippen molar-refractivity contribution in [1.29, 1.82) is 0 Å². The first-order valence-electron chi connectivity index (χ1n) is 8.43. The molecule has 0 bridgehead atoms. The Morgan fingerprint density at radius 2 is 2.18 bits per heavy atom. The Morgan fingerprint density at radius 3 is 2.96 bits per heavy atom. The molecule has 0 saturated carbocycles. The van der Waals surface area contributed by atoms with E-state index in [-0.39, 0.29) is 5.56 Å². The van der Waals surface area contributed by atoms with Gasteiger partial charge in [-0.25, -0.2) is 14.6 Å². The third-order valence-electron chi connectivity index (χ3n) is 4.41. The van der Waals surface area contributed by atoms with E-state index in [2.05, 4.69) is 30.6 Å². The number of aromatic amines is 1. The van der Waals surface area contributed by atoms with E-state index >= 15 is 0 Å². The molecule has 11 heteroatoms. The Hall–Kier alpha value is -3.73. The fourth-order valence-electron chi connectivity index (χ4n) is 3.12. The first-order valence-corrected chi connectivity index (χ1v) is 9.24.